The number of likely N-dealkylation sites (N-methyl/N-ethyl adjacent to an activating group) is 1. The van der Waals surface area contributed by atoms with E-state index in [4.69, 9.17) is 5.73 Å². The van der Waals surface area contributed by atoms with E-state index in [1.165, 1.54) is 45.3 Å². The lowest BCUT2D eigenvalue weighted by atomic mass is 9.91. The van der Waals surface area contributed by atoms with Gasteiger partial charge in [-0.2, -0.15) is 8.75 Å². The molecule has 12 heteroatoms. The molecule has 3 rings (SSSR count). The van der Waals surface area contributed by atoms with Crippen molar-refractivity contribution in [3.05, 3.63) is 41.5 Å². The molecule has 1 aromatic carbocycles. The molecule has 156 valence electrons. The zero-order valence-corrected chi connectivity index (χ0v) is 17.9. The molecule has 3 N–H and O–H groups in total. The Hall–Kier alpha value is -2.44. The highest BCUT2D eigenvalue weighted by molar-refractivity contribution is 7.91. The molecule has 1 aromatic heterocycles. The second-order valence-corrected chi connectivity index (χ2v) is 10.6. The highest BCUT2D eigenvalue weighted by atomic mass is 32.2. The minimum absolute atomic E-state index is 0.106. The minimum Gasteiger partial charge on any atom is -0.386 e. The zero-order valence-electron chi connectivity index (χ0n) is 16.3. The summed E-state index contributed by atoms with van der Waals surface area (Å²) in [5.74, 6) is -1.21. The Morgan fingerprint density at radius 3 is 2.66 bits per heavy atom. The Balaban J connectivity index is 2.05. The van der Waals surface area contributed by atoms with E-state index >= 15 is 0 Å². The van der Waals surface area contributed by atoms with E-state index in [2.05, 4.69) is 19.1 Å². The number of nitrogens with zero attached hydrogens (tertiary/aromatic N) is 4. The summed E-state index contributed by atoms with van der Waals surface area (Å²) >= 11 is 0.894. The number of halogens is 1. The van der Waals surface area contributed by atoms with Crippen molar-refractivity contribution in [2.45, 2.75) is 31.1 Å². The number of hydrogen-bond donors (Lipinski definition) is 2. The van der Waals surface area contributed by atoms with Crippen molar-refractivity contribution in [1.82, 2.24) is 13.1 Å². The standard InChI is InChI=1S/C17H21FN6O3S2/c1-16(2)15(19)22-17(3,9-24(4)29(16,26)27)11-7-10(5-6-12(11)18)21-14(25)13-8-20-28-23-13/h5-8H,9H2,1-4H3,(H2,19,22)(H,21,25)/t17-/m0/s1. The molecule has 0 bridgehead atoms. The van der Waals surface area contributed by atoms with Crippen LogP contribution < -0.4 is 11.1 Å². The van der Waals surface area contributed by atoms with Crippen molar-refractivity contribution in [2.75, 3.05) is 18.9 Å². The van der Waals surface area contributed by atoms with E-state index in [1.807, 2.05) is 0 Å². The maximum Gasteiger partial charge on any atom is 0.277 e. The highest BCUT2D eigenvalue weighted by Crippen LogP contribution is 2.36. The number of anilines is 1. The van der Waals surface area contributed by atoms with Crippen LogP contribution in [0.15, 0.2) is 29.4 Å². The molecule has 9 nitrogen and oxygen atoms in total. The van der Waals surface area contributed by atoms with Gasteiger partial charge in [0.05, 0.1) is 17.9 Å². The third kappa shape index (κ3) is 3.63. The Labute approximate surface area is 172 Å². The Morgan fingerprint density at radius 1 is 1.34 bits per heavy atom. The van der Waals surface area contributed by atoms with Crippen LogP contribution in [0.2, 0.25) is 0 Å². The van der Waals surface area contributed by atoms with Crippen LogP contribution in [0.1, 0.15) is 36.8 Å². The molecule has 0 unspecified atom stereocenters. The van der Waals surface area contributed by atoms with Gasteiger partial charge in [-0.15, -0.1) is 0 Å². The SMILES string of the molecule is CN1C[C@@](C)(c2cc(NC(=O)c3cnsn3)ccc2F)N=C(N)C(C)(C)S1(=O)=O. The van der Waals surface area contributed by atoms with Crippen LogP contribution in [-0.4, -0.2) is 51.6 Å². The summed E-state index contributed by atoms with van der Waals surface area (Å²) in [6.45, 7) is 4.39. The smallest absolute Gasteiger partial charge is 0.277 e. The molecule has 0 spiro atoms. The summed E-state index contributed by atoms with van der Waals surface area (Å²) in [6, 6.07) is 4.00. The quantitative estimate of drug-likeness (QED) is 0.745. The highest BCUT2D eigenvalue weighted by Gasteiger charge is 2.48. The number of nitrogens with two attached hydrogens (primary N) is 1. The second kappa shape index (κ2) is 7.11. The molecule has 0 saturated heterocycles. The van der Waals surface area contributed by atoms with Gasteiger partial charge in [0.25, 0.3) is 5.91 Å². The number of amidine groups is 1. The predicted octanol–water partition coefficient (Wildman–Crippen LogP) is 1.56. The lowest BCUT2D eigenvalue weighted by molar-refractivity contribution is 0.102. The first-order valence-corrected chi connectivity index (χ1v) is 10.8. The van der Waals surface area contributed by atoms with Crippen molar-refractivity contribution >= 4 is 39.2 Å². The molecule has 1 aliphatic rings. The second-order valence-electron chi connectivity index (χ2n) is 7.48. The van der Waals surface area contributed by atoms with Gasteiger partial charge in [-0.05, 0) is 39.0 Å². The molecule has 0 fully saturated rings. The molecular formula is C17H21FN6O3S2. The van der Waals surface area contributed by atoms with Crippen molar-refractivity contribution in [3.63, 3.8) is 0 Å². The van der Waals surface area contributed by atoms with E-state index in [1.54, 1.807) is 6.92 Å². The molecule has 1 aliphatic heterocycles. The molecule has 1 amide bonds. The van der Waals surface area contributed by atoms with Gasteiger partial charge < -0.3 is 11.1 Å². The van der Waals surface area contributed by atoms with Gasteiger partial charge in [-0.1, -0.05) is 0 Å². The Morgan fingerprint density at radius 2 is 2.03 bits per heavy atom. The van der Waals surface area contributed by atoms with Crippen LogP contribution >= 0.6 is 11.7 Å². The van der Waals surface area contributed by atoms with Crippen LogP contribution in [0, 0.1) is 5.82 Å². The Kier molecular flexibility index (Phi) is 5.22. The maximum absolute atomic E-state index is 14.8. The molecule has 29 heavy (non-hydrogen) atoms. The molecule has 0 aliphatic carbocycles. The van der Waals surface area contributed by atoms with Gasteiger partial charge in [-0.25, -0.2) is 17.1 Å². The third-order valence-electron chi connectivity index (χ3n) is 4.97. The molecule has 0 radical (unpaired) electrons. The first-order chi connectivity index (χ1) is 13.4. The number of benzene rings is 1. The van der Waals surface area contributed by atoms with E-state index in [9.17, 15) is 17.6 Å². The first-order valence-electron chi connectivity index (χ1n) is 8.59. The van der Waals surface area contributed by atoms with Gasteiger partial charge in [0, 0.05) is 24.8 Å². The zero-order chi connectivity index (χ0) is 21.6. The number of amides is 1. The van der Waals surface area contributed by atoms with Crippen LogP contribution in [0.25, 0.3) is 0 Å². The fourth-order valence-electron chi connectivity index (χ4n) is 3.10. The van der Waals surface area contributed by atoms with Gasteiger partial charge in [-0.3, -0.25) is 9.79 Å². The summed E-state index contributed by atoms with van der Waals surface area (Å²) in [4.78, 5) is 16.6. The molecule has 1 atom stereocenters. The summed E-state index contributed by atoms with van der Waals surface area (Å²) in [7, 11) is -2.40. The van der Waals surface area contributed by atoms with Crippen LogP contribution in [0.4, 0.5) is 10.1 Å². The minimum atomic E-state index is -3.80. The summed E-state index contributed by atoms with van der Waals surface area (Å²) < 4.78 is 47.7. The van der Waals surface area contributed by atoms with Crippen molar-refractivity contribution in [2.24, 2.45) is 10.7 Å². The predicted molar refractivity (Wildman–Crippen MR) is 109 cm³/mol. The van der Waals surface area contributed by atoms with E-state index < -0.39 is 32.0 Å². The van der Waals surface area contributed by atoms with Crippen LogP contribution in [0.5, 0.6) is 0 Å². The molecule has 2 heterocycles. The Bertz CT molecular complexity index is 1080. The summed E-state index contributed by atoms with van der Waals surface area (Å²) in [5.41, 5.74) is 5.29. The van der Waals surface area contributed by atoms with Crippen molar-refractivity contribution in [1.29, 1.82) is 0 Å². The topological polar surface area (TPSA) is 131 Å². The lowest BCUT2D eigenvalue weighted by Gasteiger charge is -2.29. The number of carbonyl (C=O) groups is 1. The van der Waals surface area contributed by atoms with E-state index in [-0.39, 0.29) is 23.6 Å². The lowest BCUT2D eigenvalue weighted by Crippen LogP contribution is -2.50. The average molecular weight is 441 g/mol. The number of aliphatic imine (C=N–C) groups is 1. The largest absolute Gasteiger partial charge is 0.386 e. The van der Waals surface area contributed by atoms with Crippen LogP contribution in [-0.2, 0) is 15.6 Å². The summed E-state index contributed by atoms with van der Waals surface area (Å²) in [5, 5.41) is 2.63. The first kappa shape index (κ1) is 21.3. The van der Waals surface area contributed by atoms with Gasteiger partial charge in [0.2, 0.25) is 10.0 Å². The fraction of sp³-hybridized carbons (Fsp3) is 0.412. The number of nitrogens with one attached hydrogen (secondary N) is 1. The van der Waals surface area contributed by atoms with E-state index in [0.29, 0.717) is 5.69 Å². The summed E-state index contributed by atoms with van der Waals surface area (Å²) in [6.07, 6.45) is 1.32. The maximum atomic E-state index is 14.8. The molecule has 2 aromatic rings. The van der Waals surface area contributed by atoms with Gasteiger partial charge in [0.15, 0.2) is 5.69 Å². The number of sulfonamides is 1. The number of aromatic nitrogens is 2. The van der Waals surface area contributed by atoms with E-state index in [0.717, 1.165) is 16.0 Å². The van der Waals surface area contributed by atoms with Crippen molar-refractivity contribution < 1.29 is 17.6 Å². The number of carbonyl (C=O) groups excluding carboxylic acids is 1. The molecule has 0 saturated carbocycles. The van der Waals surface area contributed by atoms with Gasteiger partial charge in [0.1, 0.15) is 21.9 Å². The fourth-order valence-corrected chi connectivity index (χ4v) is 5.02. The monoisotopic (exact) mass is 440 g/mol. The number of hydrogen-bond acceptors (Lipinski definition) is 8. The van der Waals surface area contributed by atoms with Crippen LogP contribution in [0.3, 0.4) is 0 Å². The average Bonchev–Trinajstić information content (AvgIpc) is 3.16. The van der Waals surface area contributed by atoms with Gasteiger partial charge >= 0.3 is 0 Å². The molecular weight excluding hydrogens is 419 g/mol. The third-order valence-corrected chi connectivity index (χ3v) is 7.89. The normalized spacial score (nSPS) is 23.8. The number of rotatable bonds is 3. The van der Waals surface area contributed by atoms with Crippen molar-refractivity contribution in [3.8, 4) is 0 Å².